The Labute approximate surface area is 126 Å². The molecule has 0 fully saturated rings. The number of benzene rings is 2. The first kappa shape index (κ1) is 15.4. The summed E-state index contributed by atoms with van der Waals surface area (Å²) in [5.74, 6) is 0.689. The van der Waals surface area contributed by atoms with Crippen LogP contribution in [0.3, 0.4) is 0 Å². The average molecular weight is 314 g/mol. The molecule has 112 valence electrons. The van der Waals surface area contributed by atoms with Crippen LogP contribution in [-0.4, -0.2) is 13.7 Å². The molecule has 0 atom stereocenters. The Kier molecular flexibility index (Phi) is 5.22. The molecule has 21 heavy (non-hydrogen) atoms. The fourth-order valence-electron chi connectivity index (χ4n) is 1.83. The van der Waals surface area contributed by atoms with Gasteiger partial charge < -0.3 is 14.8 Å². The summed E-state index contributed by atoms with van der Waals surface area (Å²) in [5, 5.41) is 3.54. The Hall–Kier alpha value is -2.01. The van der Waals surface area contributed by atoms with Crippen molar-refractivity contribution in [1.82, 2.24) is 0 Å². The molecule has 0 saturated heterocycles. The van der Waals surface area contributed by atoms with Crippen LogP contribution in [0.25, 0.3) is 0 Å². The highest BCUT2D eigenvalue weighted by molar-refractivity contribution is 6.32. The van der Waals surface area contributed by atoms with Crippen molar-refractivity contribution in [3.05, 3.63) is 53.1 Å². The maximum Gasteiger partial charge on any atom is 0.387 e. The number of para-hydroxylation sites is 2. The number of alkyl halides is 2. The quantitative estimate of drug-likeness (QED) is 0.848. The SMILES string of the molecule is COc1ccc(CNc2ccccc2OC(F)F)cc1Cl. The summed E-state index contributed by atoms with van der Waals surface area (Å²) in [6, 6.07) is 11.9. The molecule has 0 bridgehead atoms. The lowest BCUT2D eigenvalue weighted by molar-refractivity contribution is -0.0493. The summed E-state index contributed by atoms with van der Waals surface area (Å²) in [5.41, 5.74) is 1.39. The van der Waals surface area contributed by atoms with Crippen molar-refractivity contribution in [2.45, 2.75) is 13.2 Å². The highest BCUT2D eigenvalue weighted by Crippen LogP contribution is 2.28. The standard InChI is InChI=1S/C15H14ClF2NO2/c1-20-13-7-6-10(8-11(13)16)9-19-12-4-2-3-5-14(12)21-15(17)18/h2-8,15,19H,9H2,1H3. The van der Waals surface area contributed by atoms with Crippen molar-refractivity contribution in [2.24, 2.45) is 0 Å². The van der Waals surface area contributed by atoms with Gasteiger partial charge in [-0.3, -0.25) is 0 Å². The zero-order valence-corrected chi connectivity index (χ0v) is 12.0. The van der Waals surface area contributed by atoms with Crippen LogP contribution in [0, 0.1) is 0 Å². The first-order valence-corrected chi connectivity index (χ1v) is 6.58. The molecule has 2 rings (SSSR count). The zero-order valence-electron chi connectivity index (χ0n) is 11.3. The molecule has 0 radical (unpaired) electrons. The van der Waals surface area contributed by atoms with Gasteiger partial charge in [-0.15, -0.1) is 0 Å². The molecule has 0 aliphatic rings. The molecular formula is C15H14ClF2NO2. The van der Waals surface area contributed by atoms with Crippen LogP contribution in [-0.2, 0) is 6.54 Å². The van der Waals surface area contributed by atoms with E-state index < -0.39 is 6.61 Å². The number of ether oxygens (including phenoxy) is 2. The number of hydrogen-bond donors (Lipinski definition) is 1. The summed E-state index contributed by atoms with van der Waals surface area (Å²) < 4.78 is 34.2. The normalized spacial score (nSPS) is 10.5. The molecule has 0 saturated carbocycles. The molecule has 0 aliphatic heterocycles. The zero-order chi connectivity index (χ0) is 15.2. The van der Waals surface area contributed by atoms with Gasteiger partial charge >= 0.3 is 6.61 Å². The maximum atomic E-state index is 12.3. The van der Waals surface area contributed by atoms with E-state index in [4.69, 9.17) is 16.3 Å². The molecule has 0 aliphatic carbocycles. The third-order valence-corrected chi connectivity index (χ3v) is 3.10. The minimum Gasteiger partial charge on any atom is -0.495 e. The summed E-state index contributed by atoms with van der Waals surface area (Å²) in [7, 11) is 1.54. The van der Waals surface area contributed by atoms with E-state index >= 15 is 0 Å². The van der Waals surface area contributed by atoms with Crippen LogP contribution in [0.15, 0.2) is 42.5 Å². The summed E-state index contributed by atoms with van der Waals surface area (Å²) in [4.78, 5) is 0. The molecule has 6 heteroatoms. The van der Waals surface area contributed by atoms with Gasteiger partial charge in [-0.1, -0.05) is 29.8 Å². The van der Waals surface area contributed by atoms with Crippen molar-refractivity contribution in [3.8, 4) is 11.5 Å². The van der Waals surface area contributed by atoms with Crippen LogP contribution in [0.1, 0.15) is 5.56 Å². The third kappa shape index (κ3) is 4.23. The molecule has 3 nitrogen and oxygen atoms in total. The van der Waals surface area contributed by atoms with Crippen LogP contribution in [0.5, 0.6) is 11.5 Å². The largest absolute Gasteiger partial charge is 0.495 e. The Morgan fingerprint density at radius 2 is 1.90 bits per heavy atom. The first-order chi connectivity index (χ1) is 10.1. The van der Waals surface area contributed by atoms with Gasteiger partial charge in [0.1, 0.15) is 11.5 Å². The molecule has 0 heterocycles. The number of halogens is 3. The van der Waals surface area contributed by atoms with Gasteiger partial charge in [-0.05, 0) is 29.8 Å². The second kappa shape index (κ2) is 7.13. The molecule has 0 unspecified atom stereocenters. The second-order valence-corrected chi connectivity index (χ2v) is 4.60. The van der Waals surface area contributed by atoms with E-state index in [1.807, 2.05) is 6.07 Å². The van der Waals surface area contributed by atoms with Crippen molar-refractivity contribution < 1.29 is 18.3 Å². The molecule has 2 aromatic rings. The van der Waals surface area contributed by atoms with Crippen LogP contribution >= 0.6 is 11.6 Å². The lowest BCUT2D eigenvalue weighted by Crippen LogP contribution is -2.06. The van der Waals surface area contributed by atoms with E-state index in [-0.39, 0.29) is 5.75 Å². The lowest BCUT2D eigenvalue weighted by Gasteiger charge is -2.13. The Bertz CT molecular complexity index is 608. The second-order valence-electron chi connectivity index (χ2n) is 4.20. The number of anilines is 1. The van der Waals surface area contributed by atoms with Crippen molar-refractivity contribution in [1.29, 1.82) is 0 Å². The van der Waals surface area contributed by atoms with E-state index in [9.17, 15) is 8.78 Å². The molecule has 0 amide bonds. The van der Waals surface area contributed by atoms with Crippen LogP contribution in [0.4, 0.5) is 14.5 Å². The van der Waals surface area contributed by atoms with E-state index in [1.54, 1.807) is 30.3 Å². The van der Waals surface area contributed by atoms with Gasteiger partial charge in [0.25, 0.3) is 0 Å². The van der Waals surface area contributed by atoms with Gasteiger partial charge in [-0.25, -0.2) is 0 Å². The van der Waals surface area contributed by atoms with Gasteiger partial charge in [-0.2, -0.15) is 8.78 Å². The van der Waals surface area contributed by atoms with E-state index in [1.165, 1.54) is 13.2 Å². The predicted molar refractivity (Wildman–Crippen MR) is 78.4 cm³/mol. The van der Waals surface area contributed by atoms with Gasteiger partial charge in [0, 0.05) is 6.54 Å². The molecule has 2 aromatic carbocycles. The minimum atomic E-state index is -2.86. The maximum absolute atomic E-state index is 12.3. The third-order valence-electron chi connectivity index (χ3n) is 2.80. The van der Waals surface area contributed by atoms with E-state index in [2.05, 4.69) is 10.1 Å². The highest BCUT2D eigenvalue weighted by Gasteiger charge is 2.09. The first-order valence-electron chi connectivity index (χ1n) is 6.20. The van der Waals surface area contributed by atoms with Gasteiger partial charge in [0.05, 0.1) is 17.8 Å². The average Bonchev–Trinajstić information content (AvgIpc) is 2.46. The van der Waals surface area contributed by atoms with Crippen molar-refractivity contribution in [3.63, 3.8) is 0 Å². The van der Waals surface area contributed by atoms with Crippen molar-refractivity contribution >= 4 is 17.3 Å². The Morgan fingerprint density at radius 3 is 2.57 bits per heavy atom. The number of rotatable bonds is 6. The topological polar surface area (TPSA) is 30.5 Å². The van der Waals surface area contributed by atoms with E-state index in [0.717, 1.165) is 5.56 Å². The van der Waals surface area contributed by atoms with Gasteiger partial charge in [0.2, 0.25) is 0 Å². The molecular weight excluding hydrogens is 300 g/mol. The monoisotopic (exact) mass is 313 g/mol. The molecule has 0 spiro atoms. The lowest BCUT2D eigenvalue weighted by atomic mass is 10.2. The Balaban J connectivity index is 2.08. The fraction of sp³-hybridized carbons (Fsp3) is 0.200. The summed E-state index contributed by atoms with van der Waals surface area (Å²) in [6.07, 6.45) is 0. The number of methoxy groups -OCH3 is 1. The number of hydrogen-bond acceptors (Lipinski definition) is 3. The van der Waals surface area contributed by atoms with E-state index in [0.29, 0.717) is 23.0 Å². The fourth-order valence-corrected chi connectivity index (χ4v) is 2.11. The molecule has 0 aromatic heterocycles. The van der Waals surface area contributed by atoms with Crippen molar-refractivity contribution in [2.75, 3.05) is 12.4 Å². The number of nitrogens with one attached hydrogen (secondary N) is 1. The molecule has 1 N–H and O–H groups in total. The summed E-state index contributed by atoms with van der Waals surface area (Å²) in [6.45, 7) is -2.43. The Morgan fingerprint density at radius 1 is 1.14 bits per heavy atom. The summed E-state index contributed by atoms with van der Waals surface area (Å²) >= 11 is 6.03. The smallest absolute Gasteiger partial charge is 0.387 e. The van der Waals surface area contributed by atoms with Crippen LogP contribution in [0.2, 0.25) is 5.02 Å². The van der Waals surface area contributed by atoms with Gasteiger partial charge in [0.15, 0.2) is 0 Å². The van der Waals surface area contributed by atoms with Crippen LogP contribution < -0.4 is 14.8 Å². The highest BCUT2D eigenvalue weighted by atomic mass is 35.5. The predicted octanol–water partition coefficient (Wildman–Crippen LogP) is 4.56. The minimum absolute atomic E-state index is 0.104.